The summed E-state index contributed by atoms with van der Waals surface area (Å²) in [4.78, 5) is 25.3. The Morgan fingerprint density at radius 3 is 2.78 bits per heavy atom. The molecule has 1 aliphatic heterocycles. The summed E-state index contributed by atoms with van der Waals surface area (Å²) in [5.74, 6) is -0.572. The number of nitrogens with zero attached hydrogens (tertiary/aromatic N) is 2. The first-order valence-electron chi connectivity index (χ1n) is 5.98. The van der Waals surface area contributed by atoms with Crippen LogP contribution in [-0.4, -0.2) is 47.0 Å². The molecule has 0 bridgehead atoms. The highest BCUT2D eigenvalue weighted by atomic mass is 16.2. The highest BCUT2D eigenvalue weighted by Gasteiger charge is 2.26. The topological polar surface area (TPSA) is 80.4 Å². The minimum Gasteiger partial charge on any atom is -0.366 e. The number of primary amides is 1. The van der Waals surface area contributed by atoms with Gasteiger partial charge in [0.2, 0.25) is 5.91 Å². The summed E-state index contributed by atoms with van der Waals surface area (Å²) in [6.07, 6.45) is 1.59. The molecule has 1 saturated heterocycles. The van der Waals surface area contributed by atoms with Crippen molar-refractivity contribution in [3.63, 3.8) is 0 Å². The molecule has 98 valence electrons. The van der Waals surface area contributed by atoms with Gasteiger partial charge in [-0.2, -0.15) is 0 Å². The minimum atomic E-state index is -0.516. The maximum atomic E-state index is 12.4. The van der Waals surface area contributed by atoms with Crippen molar-refractivity contribution in [2.24, 2.45) is 12.8 Å². The fourth-order valence-corrected chi connectivity index (χ4v) is 2.20. The van der Waals surface area contributed by atoms with Gasteiger partial charge < -0.3 is 20.5 Å². The summed E-state index contributed by atoms with van der Waals surface area (Å²) in [6.45, 7) is 4.26. The van der Waals surface area contributed by atoms with Crippen molar-refractivity contribution in [1.29, 1.82) is 0 Å². The molecule has 18 heavy (non-hydrogen) atoms. The molecule has 0 saturated carbocycles. The van der Waals surface area contributed by atoms with E-state index in [1.807, 2.05) is 11.8 Å². The highest BCUT2D eigenvalue weighted by Crippen LogP contribution is 2.13. The van der Waals surface area contributed by atoms with Gasteiger partial charge in [0.25, 0.3) is 5.91 Å². The quantitative estimate of drug-likeness (QED) is 0.746. The molecule has 1 aliphatic rings. The summed E-state index contributed by atoms with van der Waals surface area (Å²) >= 11 is 0. The predicted molar refractivity (Wildman–Crippen MR) is 67.3 cm³/mol. The van der Waals surface area contributed by atoms with E-state index in [9.17, 15) is 9.59 Å². The van der Waals surface area contributed by atoms with Crippen molar-refractivity contribution in [2.45, 2.75) is 13.0 Å². The first kappa shape index (κ1) is 12.6. The van der Waals surface area contributed by atoms with Crippen molar-refractivity contribution in [2.75, 3.05) is 19.6 Å². The van der Waals surface area contributed by atoms with E-state index in [1.54, 1.807) is 23.9 Å². The van der Waals surface area contributed by atoms with Crippen molar-refractivity contribution in [3.05, 3.63) is 23.5 Å². The zero-order valence-electron chi connectivity index (χ0n) is 10.6. The van der Waals surface area contributed by atoms with Gasteiger partial charge >= 0.3 is 0 Å². The largest absolute Gasteiger partial charge is 0.366 e. The lowest BCUT2D eigenvalue weighted by Gasteiger charge is -2.34. The third-order valence-corrected chi connectivity index (χ3v) is 3.27. The number of carbonyl (C=O) groups is 2. The van der Waals surface area contributed by atoms with Gasteiger partial charge in [-0.1, -0.05) is 0 Å². The van der Waals surface area contributed by atoms with E-state index in [0.29, 0.717) is 17.8 Å². The standard InChI is InChI=1S/C12H18N4O2/c1-8-6-14-3-4-16(8)12(18)10-5-9(11(13)17)7-15(10)2/h5,7-8,14H,3-4,6H2,1-2H3,(H2,13,17)/t8-/m1/s1. The molecule has 3 N–H and O–H groups in total. The van der Waals surface area contributed by atoms with Crippen LogP contribution in [0.1, 0.15) is 27.8 Å². The Morgan fingerprint density at radius 2 is 2.22 bits per heavy atom. The zero-order valence-corrected chi connectivity index (χ0v) is 10.6. The molecule has 2 rings (SSSR count). The fraction of sp³-hybridized carbons (Fsp3) is 0.500. The van der Waals surface area contributed by atoms with Crippen LogP contribution in [0.15, 0.2) is 12.3 Å². The summed E-state index contributed by atoms with van der Waals surface area (Å²) in [5, 5.41) is 3.23. The van der Waals surface area contributed by atoms with Gasteiger partial charge in [0, 0.05) is 38.9 Å². The molecule has 1 atom stereocenters. The molecule has 0 aliphatic carbocycles. The van der Waals surface area contributed by atoms with E-state index in [1.165, 1.54) is 0 Å². The second-order valence-corrected chi connectivity index (χ2v) is 4.64. The van der Waals surface area contributed by atoms with Crippen LogP contribution in [0.2, 0.25) is 0 Å². The molecule has 6 nitrogen and oxygen atoms in total. The van der Waals surface area contributed by atoms with Crippen LogP contribution in [0.3, 0.4) is 0 Å². The van der Waals surface area contributed by atoms with Crippen LogP contribution in [-0.2, 0) is 7.05 Å². The highest BCUT2D eigenvalue weighted by molar-refractivity contribution is 5.98. The Kier molecular flexibility index (Phi) is 3.38. The molecule has 2 amide bonds. The van der Waals surface area contributed by atoms with Gasteiger partial charge in [-0.3, -0.25) is 9.59 Å². The smallest absolute Gasteiger partial charge is 0.270 e. The summed E-state index contributed by atoms with van der Waals surface area (Å²) < 4.78 is 1.65. The number of hydrogen-bond donors (Lipinski definition) is 2. The number of nitrogens with one attached hydrogen (secondary N) is 1. The van der Waals surface area contributed by atoms with Gasteiger partial charge in [0.1, 0.15) is 5.69 Å². The van der Waals surface area contributed by atoms with Crippen LogP contribution < -0.4 is 11.1 Å². The number of aromatic nitrogens is 1. The first-order valence-corrected chi connectivity index (χ1v) is 5.98. The van der Waals surface area contributed by atoms with E-state index >= 15 is 0 Å². The molecule has 6 heteroatoms. The SMILES string of the molecule is C[C@@H]1CNCCN1C(=O)c1cc(C(N)=O)cn1C. The normalized spacial score (nSPS) is 19.9. The molecule has 0 aromatic carbocycles. The number of hydrogen-bond acceptors (Lipinski definition) is 3. The number of aryl methyl sites for hydroxylation is 1. The maximum Gasteiger partial charge on any atom is 0.270 e. The van der Waals surface area contributed by atoms with Crippen LogP contribution >= 0.6 is 0 Å². The molecular weight excluding hydrogens is 232 g/mol. The monoisotopic (exact) mass is 250 g/mol. The van der Waals surface area contributed by atoms with Gasteiger partial charge in [0.15, 0.2) is 0 Å². The molecular formula is C12H18N4O2. The molecule has 0 radical (unpaired) electrons. The molecule has 1 fully saturated rings. The number of rotatable bonds is 2. The van der Waals surface area contributed by atoms with E-state index in [0.717, 1.165) is 13.1 Å². The number of piperazine rings is 1. The molecule has 0 unspecified atom stereocenters. The second kappa shape index (κ2) is 4.81. The van der Waals surface area contributed by atoms with Gasteiger partial charge in [-0.25, -0.2) is 0 Å². The Labute approximate surface area is 106 Å². The van der Waals surface area contributed by atoms with Gasteiger partial charge in [0.05, 0.1) is 5.56 Å². The molecule has 1 aromatic rings. The lowest BCUT2D eigenvalue weighted by Crippen LogP contribution is -2.52. The first-order chi connectivity index (χ1) is 8.50. The lowest BCUT2D eigenvalue weighted by molar-refractivity contribution is 0.0646. The third kappa shape index (κ3) is 2.24. The average molecular weight is 250 g/mol. The Morgan fingerprint density at radius 1 is 1.50 bits per heavy atom. The Hall–Kier alpha value is -1.82. The number of amides is 2. The predicted octanol–water partition coefficient (Wildman–Crippen LogP) is -0.442. The van der Waals surface area contributed by atoms with Gasteiger partial charge in [-0.05, 0) is 13.0 Å². The van der Waals surface area contributed by atoms with Crippen LogP contribution in [0.4, 0.5) is 0 Å². The lowest BCUT2D eigenvalue weighted by atomic mass is 10.2. The minimum absolute atomic E-state index is 0.0565. The fourth-order valence-electron chi connectivity index (χ4n) is 2.20. The van der Waals surface area contributed by atoms with E-state index < -0.39 is 5.91 Å². The Bertz CT molecular complexity index is 480. The summed E-state index contributed by atoms with van der Waals surface area (Å²) in [5.41, 5.74) is 6.08. The molecule has 1 aromatic heterocycles. The second-order valence-electron chi connectivity index (χ2n) is 4.64. The van der Waals surface area contributed by atoms with Crippen LogP contribution in [0, 0.1) is 0 Å². The summed E-state index contributed by atoms with van der Waals surface area (Å²) in [6, 6.07) is 1.71. The molecule has 0 spiro atoms. The van der Waals surface area contributed by atoms with Crippen LogP contribution in [0.25, 0.3) is 0 Å². The van der Waals surface area contributed by atoms with Crippen LogP contribution in [0.5, 0.6) is 0 Å². The number of carbonyl (C=O) groups excluding carboxylic acids is 2. The number of nitrogens with two attached hydrogens (primary N) is 1. The Balaban J connectivity index is 2.25. The average Bonchev–Trinajstić information content (AvgIpc) is 2.71. The van der Waals surface area contributed by atoms with Crippen molar-refractivity contribution in [3.8, 4) is 0 Å². The van der Waals surface area contributed by atoms with E-state index in [2.05, 4.69) is 5.32 Å². The summed E-state index contributed by atoms with van der Waals surface area (Å²) in [7, 11) is 1.74. The van der Waals surface area contributed by atoms with Crippen molar-refractivity contribution in [1.82, 2.24) is 14.8 Å². The van der Waals surface area contributed by atoms with E-state index in [4.69, 9.17) is 5.73 Å². The zero-order chi connectivity index (χ0) is 13.3. The maximum absolute atomic E-state index is 12.4. The van der Waals surface area contributed by atoms with Gasteiger partial charge in [-0.15, -0.1) is 0 Å². The van der Waals surface area contributed by atoms with Crippen molar-refractivity contribution < 1.29 is 9.59 Å². The third-order valence-electron chi connectivity index (χ3n) is 3.27. The van der Waals surface area contributed by atoms with Crippen molar-refractivity contribution >= 4 is 11.8 Å². The van der Waals surface area contributed by atoms with E-state index in [-0.39, 0.29) is 11.9 Å². The molecule has 2 heterocycles.